The fourth-order valence-electron chi connectivity index (χ4n) is 3.67. The van der Waals surface area contributed by atoms with Crippen molar-refractivity contribution in [3.8, 4) is 0 Å². The Morgan fingerprint density at radius 3 is 3.04 bits per heavy atom. The van der Waals surface area contributed by atoms with Crippen LogP contribution in [-0.4, -0.2) is 62.3 Å². The smallest absolute Gasteiger partial charge is 0.286 e. The van der Waals surface area contributed by atoms with Gasteiger partial charge in [0, 0.05) is 51.6 Å². The zero-order valence-corrected chi connectivity index (χ0v) is 15.0. The predicted molar refractivity (Wildman–Crippen MR) is 96.3 cm³/mol. The highest BCUT2D eigenvalue weighted by molar-refractivity contribution is 5.91. The highest BCUT2D eigenvalue weighted by Gasteiger charge is 2.44. The van der Waals surface area contributed by atoms with Crippen LogP contribution in [-0.2, 0) is 4.74 Å². The lowest BCUT2D eigenvalue weighted by atomic mass is 9.93. The predicted octanol–water partition coefficient (Wildman–Crippen LogP) is 1.02. The second-order valence-corrected chi connectivity index (χ2v) is 7.02. The summed E-state index contributed by atoms with van der Waals surface area (Å²) >= 11 is 0. The summed E-state index contributed by atoms with van der Waals surface area (Å²) < 4.78 is 11.1. The van der Waals surface area contributed by atoms with Gasteiger partial charge >= 0.3 is 0 Å². The van der Waals surface area contributed by atoms with Gasteiger partial charge in [0.2, 0.25) is 0 Å². The van der Waals surface area contributed by atoms with Gasteiger partial charge in [-0.05, 0) is 12.1 Å². The summed E-state index contributed by atoms with van der Waals surface area (Å²) in [6.45, 7) is 2.95. The van der Waals surface area contributed by atoms with Crippen LogP contribution in [0.3, 0.4) is 0 Å². The number of hydrogen-bond acceptors (Lipinski definition) is 7. The number of amides is 1. The highest BCUT2D eigenvalue weighted by atomic mass is 16.5. The molecule has 0 radical (unpaired) electrons. The molecule has 2 aliphatic rings. The van der Waals surface area contributed by atoms with E-state index in [0.717, 1.165) is 24.7 Å². The van der Waals surface area contributed by atoms with Crippen molar-refractivity contribution in [1.29, 1.82) is 0 Å². The third-order valence-corrected chi connectivity index (χ3v) is 5.13. The molecule has 1 N–H and O–H groups in total. The van der Waals surface area contributed by atoms with Gasteiger partial charge in [-0.15, -0.1) is 0 Å². The SMILES string of the molecule is CN(C)c1cc(N2C[C@@H]3[C@H](CNC(=O)c4ccco4)CO[C@@H]3C2)ncn1. The monoisotopic (exact) mass is 357 g/mol. The van der Waals surface area contributed by atoms with Crippen LogP contribution in [0.25, 0.3) is 0 Å². The number of hydrogen-bond donors (Lipinski definition) is 1. The van der Waals surface area contributed by atoms with Crippen LogP contribution in [0.5, 0.6) is 0 Å². The summed E-state index contributed by atoms with van der Waals surface area (Å²) in [5, 5.41) is 2.95. The summed E-state index contributed by atoms with van der Waals surface area (Å²) in [5.74, 6) is 2.63. The van der Waals surface area contributed by atoms with E-state index in [0.29, 0.717) is 30.7 Å². The summed E-state index contributed by atoms with van der Waals surface area (Å²) in [6.07, 6.45) is 3.28. The first-order valence-corrected chi connectivity index (χ1v) is 8.79. The lowest BCUT2D eigenvalue weighted by Gasteiger charge is -2.21. The standard InChI is InChI=1S/C18H23N5O3/c1-22(2)16-6-17(21-11-20-16)23-8-13-12(10-26-15(13)9-23)7-19-18(24)14-4-3-5-25-14/h3-6,11-13,15H,7-10H2,1-2H3,(H,19,24)/t12-,13-,15-/m1/s1. The molecule has 2 aromatic heterocycles. The number of fused-ring (bicyclic) bond motifs is 1. The molecule has 0 spiro atoms. The molecule has 3 atom stereocenters. The lowest BCUT2D eigenvalue weighted by Crippen LogP contribution is -2.34. The largest absolute Gasteiger partial charge is 0.459 e. The maximum Gasteiger partial charge on any atom is 0.286 e. The molecule has 2 aromatic rings. The van der Waals surface area contributed by atoms with Crippen LogP contribution in [0.4, 0.5) is 11.6 Å². The molecule has 8 nitrogen and oxygen atoms in total. The van der Waals surface area contributed by atoms with E-state index >= 15 is 0 Å². The normalized spacial score (nSPS) is 24.5. The average molecular weight is 357 g/mol. The highest BCUT2D eigenvalue weighted by Crippen LogP contribution is 2.35. The molecule has 0 bridgehead atoms. The number of anilines is 2. The molecular weight excluding hydrogens is 334 g/mol. The first-order chi connectivity index (χ1) is 12.6. The minimum atomic E-state index is -0.181. The van der Waals surface area contributed by atoms with Crippen LogP contribution in [0.1, 0.15) is 10.6 Å². The molecule has 1 amide bonds. The van der Waals surface area contributed by atoms with Crippen LogP contribution in [0, 0.1) is 11.8 Å². The van der Waals surface area contributed by atoms with E-state index in [1.54, 1.807) is 18.5 Å². The minimum Gasteiger partial charge on any atom is -0.459 e. The van der Waals surface area contributed by atoms with Crippen molar-refractivity contribution in [3.05, 3.63) is 36.5 Å². The Balaban J connectivity index is 1.38. The molecule has 26 heavy (non-hydrogen) atoms. The number of rotatable bonds is 5. The van der Waals surface area contributed by atoms with Gasteiger partial charge in [0.25, 0.3) is 5.91 Å². The zero-order valence-electron chi connectivity index (χ0n) is 15.0. The topological polar surface area (TPSA) is 83.7 Å². The zero-order chi connectivity index (χ0) is 18.1. The maximum absolute atomic E-state index is 12.1. The molecule has 2 aliphatic heterocycles. The molecular formula is C18H23N5O3. The molecule has 0 aromatic carbocycles. The van der Waals surface area contributed by atoms with E-state index in [1.165, 1.54) is 6.26 Å². The maximum atomic E-state index is 12.1. The number of aromatic nitrogens is 2. The Kier molecular flexibility index (Phi) is 4.50. The van der Waals surface area contributed by atoms with E-state index in [2.05, 4.69) is 20.2 Å². The third kappa shape index (κ3) is 3.24. The summed E-state index contributed by atoms with van der Waals surface area (Å²) in [7, 11) is 3.93. The van der Waals surface area contributed by atoms with E-state index in [-0.39, 0.29) is 12.0 Å². The second kappa shape index (κ2) is 6.95. The first kappa shape index (κ1) is 16.8. The van der Waals surface area contributed by atoms with Crippen molar-refractivity contribution >= 4 is 17.5 Å². The summed E-state index contributed by atoms with van der Waals surface area (Å²) in [5.41, 5.74) is 0. The number of ether oxygens (including phenoxy) is 1. The van der Waals surface area contributed by atoms with E-state index in [4.69, 9.17) is 9.15 Å². The van der Waals surface area contributed by atoms with E-state index in [1.807, 2.05) is 25.1 Å². The molecule has 0 aliphatic carbocycles. The van der Waals surface area contributed by atoms with Crippen LogP contribution >= 0.6 is 0 Å². The first-order valence-electron chi connectivity index (χ1n) is 8.79. The molecule has 0 unspecified atom stereocenters. The third-order valence-electron chi connectivity index (χ3n) is 5.13. The van der Waals surface area contributed by atoms with Crippen LogP contribution < -0.4 is 15.1 Å². The molecule has 2 saturated heterocycles. The van der Waals surface area contributed by atoms with E-state index < -0.39 is 0 Å². The van der Waals surface area contributed by atoms with Gasteiger partial charge in [-0.2, -0.15) is 0 Å². The molecule has 4 rings (SSSR count). The van der Waals surface area contributed by atoms with Crippen LogP contribution in [0.2, 0.25) is 0 Å². The van der Waals surface area contributed by atoms with Crippen molar-refractivity contribution in [2.45, 2.75) is 6.10 Å². The van der Waals surface area contributed by atoms with E-state index in [9.17, 15) is 4.79 Å². The van der Waals surface area contributed by atoms with Gasteiger partial charge in [0.1, 0.15) is 18.0 Å². The number of furan rings is 1. The molecule has 0 saturated carbocycles. The second-order valence-electron chi connectivity index (χ2n) is 7.02. The number of carbonyl (C=O) groups is 1. The summed E-state index contributed by atoms with van der Waals surface area (Å²) in [4.78, 5) is 25.0. The molecule has 8 heteroatoms. The van der Waals surface area contributed by atoms with Gasteiger partial charge in [-0.25, -0.2) is 9.97 Å². The average Bonchev–Trinajstić information content (AvgIpc) is 3.37. The van der Waals surface area contributed by atoms with Crippen LogP contribution in [0.15, 0.2) is 35.2 Å². The lowest BCUT2D eigenvalue weighted by molar-refractivity contribution is 0.0912. The van der Waals surface area contributed by atoms with Gasteiger partial charge in [-0.1, -0.05) is 0 Å². The number of carbonyl (C=O) groups excluding carboxylic acids is 1. The molecule has 138 valence electrons. The fourth-order valence-corrected chi connectivity index (χ4v) is 3.67. The Morgan fingerprint density at radius 1 is 1.38 bits per heavy atom. The number of nitrogens with one attached hydrogen (secondary N) is 1. The quantitative estimate of drug-likeness (QED) is 0.855. The number of nitrogens with zero attached hydrogens (tertiary/aromatic N) is 4. The van der Waals surface area contributed by atoms with Crippen molar-refractivity contribution in [2.24, 2.45) is 11.8 Å². The van der Waals surface area contributed by atoms with Crippen molar-refractivity contribution in [2.75, 3.05) is 50.1 Å². The molecule has 2 fully saturated rings. The van der Waals surface area contributed by atoms with Crippen molar-refractivity contribution in [3.63, 3.8) is 0 Å². The van der Waals surface area contributed by atoms with Gasteiger partial charge in [0.05, 0.1) is 19.0 Å². The minimum absolute atomic E-state index is 0.179. The Labute approximate surface area is 152 Å². The van der Waals surface area contributed by atoms with Gasteiger partial charge in [-0.3, -0.25) is 4.79 Å². The van der Waals surface area contributed by atoms with Gasteiger partial charge in [0.15, 0.2) is 5.76 Å². The van der Waals surface area contributed by atoms with Gasteiger partial charge < -0.3 is 24.3 Å². The Bertz CT molecular complexity index is 764. The fraction of sp³-hybridized carbons (Fsp3) is 0.500. The van der Waals surface area contributed by atoms with Crippen molar-refractivity contribution < 1.29 is 13.9 Å². The Morgan fingerprint density at radius 2 is 2.27 bits per heavy atom. The Hall–Kier alpha value is -2.61. The summed E-state index contributed by atoms with van der Waals surface area (Å²) in [6, 6.07) is 5.37. The molecule has 4 heterocycles. The van der Waals surface area contributed by atoms with Crippen molar-refractivity contribution in [1.82, 2.24) is 15.3 Å².